The van der Waals surface area contributed by atoms with Crippen LogP contribution in [0.5, 0.6) is 0 Å². The summed E-state index contributed by atoms with van der Waals surface area (Å²) in [5, 5.41) is 6.27. The molecule has 0 aliphatic rings. The first-order valence-electron chi connectivity index (χ1n) is 6.87. The SMILES string of the molecule is CC(C)CNCC(C)c1cccc2ccccc12. The van der Waals surface area contributed by atoms with E-state index in [2.05, 4.69) is 68.6 Å². The van der Waals surface area contributed by atoms with E-state index in [1.165, 1.54) is 16.3 Å². The molecule has 96 valence electrons. The van der Waals surface area contributed by atoms with E-state index in [4.69, 9.17) is 0 Å². The lowest BCUT2D eigenvalue weighted by Gasteiger charge is -2.16. The van der Waals surface area contributed by atoms with Gasteiger partial charge in [0, 0.05) is 6.54 Å². The van der Waals surface area contributed by atoms with Crippen molar-refractivity contribution < 1.29 is 0 Å². The molecule has 0 radical (unpaired) electrons. The molecule has 2 aromatic carbocycles. The molecule has 0 aromatic heterocycles. The summed E-state index contributed by atoms with van der Waals surface area (Å²) in [6.07, 6.45) is 0. The van der Waals surface area contributed by atoms with Crippen LogP contribution in [0, 0.1) is 5.92 Å². The van der Waals surface area contributed by atoms with Crippen molar-refractivity contribution in [3.63, 3.8) is 0 Å². The van der Waals surface area contributed by atoms with Gasteiger partial charge in [0.1, 0.15) is 0 Å². The summed E-state index contributed by atoms with van der Waals surface area (Å²) in [6.45, 7) is 8.93. The van der Waals surface area contributed by atoms with Gasteiger partial charge >= 0.3 is 0 Å². The predicted molar refractivity (Wildman–Crippen MR) is 80.1 cm³/mol. The maximum atomic E-state index is 3.55. The molecule has 0 fully saturated rings. The van der Waals surface area contributed by atoms with Gasteiger partial charge in [0.15, 0.2) is 0 Å². The molecule has 0 spiro atoms. The quantitative estimate of drug-likeness (QED) is 0.827. The molecule has 1 N–H and O–H groups in total. The summed E-state index contributed by atoms with van der Waals surface area (Å²) in [7, 11) is 0. The number of rotatable bonds is 5. The summed E-state index contributed by atoms with van der Waals surface area (Å²) in [5.74, 6) is 1.26. The smallest absolute Gasteiger partial charge is 0.00178 e. The van der Waals surface area contributed by atoms with E-state index >= 15 is 0 Å². The van der Waals surface area contributed by atoms with Crippen LogP contribution in [0.25, 0.3) is 10.8 Å². The summed E-state index contributed by atoms with van der Waals surface area (Å²) in [4.78, 5) is 0. The summed E-state index contributed by atoms with van der Waals surface area (Å²) >= 11 is 0. The third-order valence-corrected chi connectivity index (χ3v) is 3.36. The summed E-state index contributed by atoms with van der Waals surface area (Å²) < 4.78 is 0. The minimum atomic E-state index is 0.551. The monoisotopic (exact) mass is 241 g/mol. The van der Waals surface area contributed by atoms with Crippen LogP contribution in [-0.2, 0) is 0 Å². The van der Waals surface area contributed by atoms with Crippen LogP contribution in [0.4, 0.5) is 0 Å². The Labute approximate surface area is 110 Å². The lowest BCUT2D eigenvalue weighted by Crippen LogP contribution is -2.24. The average Bonchev–Trinajstić information content (AvgIpc) is 2.37. The summed E-state index contributed by atoms with van der Waals surface area (Å²) in [5.41, 5.74) is 1.45. The average molecular weight is 241 g/mol. The van der Waals surface area contributed by atoms with E-state index in [-0.39, 0.29) is 0 Å². The minimum absolute atomic E-state index is 0.551. The zero-order chi connectivity index (χ0) is 13.0. The first-order chi connectivity index (χ1) is 8.68. The second-order valence-corrected chi connectivity index (χ2v) is 5.52. The molecule has 2 rings (SSSR count). The van der Waals surface area contributed by atoms with Crippen LogP contribution in [-0.4, -0.2) is 13.1 Å². The predicted octanol–water partition coefficient (Wildman–Crippen LogP) is 4.19. The van der Waals surface area contributed by atoms with E-state index in [1.54, 1.807) is 0 Å². The van der Waals surface area contributed by atoms with Crippen molar-refractivity contribution in [3.05, 3.63) is 48.0 Å². The Morgan fingerprint density at radius 1 is 0.889 bits per heavy atom. The fourth-order valence-corrected chi connectivity index (χ4v) is 2.38. The van der Waals surface area contributed by atoms with Crippen molar-refractivity contribution in [1.29, 1.82) is 0 Å². The van der Waals surface area contributed by atoms with Crippen molar-refractivity contribution in [2.75, 3.05) is 13.1 Å². The highest BCUT2D eigenvalue weighted by Crippen LogP contribution is 2.24. The van der Waals surface area contributed by atoms with E-state index in [9.17, 15) is 0 Å². The van der Waals surface area contributed by atoms with Crippen molar-refractivity contribution in [1.82, 2.24) is 5.32 Å². The molecule has 0 heterocycles. The Morgan fingerprint density at radius 2 is 1.61 bits per heavy atom. The first kappa shape index (κ1) is 13.1. The molecule has 1 atom stereocenters. The normalized spacial score (nSPS) is 13.1. The van der Waals surface area contributed by atoms with Crippen molar-refractivity contribution in [3.8, 4) is 0 Å². The van der Waals surface area contributed by atoms with Crippen LogP contribution in [0.1, 0.15) is 32.3 Å². The molecule has 1 heteroatoms. The number of hydrogen-bond donors (Lipinski definition) is 1. The highest BCUT2D eigenvalue weighted by molar-refractivity contribution is 5.86. The molecule has 0 saturated heterocycles. The lowest BCUT2D eigenvalue weighted by atomic mass is 9.94. The van der Waals surface area contributed by atoms with Gasteiger partial charge in [-0.05, 0) is 34.7 Å². The Bertz CT molecular complexity index is 496. The fourth-order valence-electron chi connectivity index (χ4n) is 2.38. The molecular formula is C17H23N. The van der Waals surface area contributed by atoms with Gasteiger partial charge in [-0.2, -0.15) is 0 Å². The largest absolute Gasteiger partial charge is 0.316 e. The van der Waals surface area contributed by atoms with Gasteiger partial charge in [0.25, 0.3) is 0 Å². The maximum absolute atomic E-state index is 3.55. The van der Waals surface area contributed by atoms with E-state index in [1.807, 2.05) is 0 Å². The van der Waals surface area contributed by atoms with Gasteiger partial charge in [0.05, 0.1) is 0 Å². The molecule has 18 heavy (non-hydrogen) atoms. The number of nitrogens with one attached hydrogen (secondary N) is 1. The van der Waals surface area contributed by atoms with Gasteiger partial charge in [-0.3, -0.25) is 0 Å². The summed E-state index contributed by atoms with van der Waals surface area (Å²) in [6, 6.07) is 15.2. The highest BCUT2D eigenvalue weighted by atomic mass is 14.9. The molecule has 1 nitrogen and oxygen atoms in total. The second kappa shape index (κ2) is 6.01. The second-order valence-electron chi connectivity index (χ2n) is 5.52. The minimum Gasteiger partial charge on any atom is -0.316 e. The molecule has 1 unspecified atom stereocenters. The molecule has 0 bridgehead atoms. The van der Waals surface area contributed by atoms with E-state index in [0.717, 1.165) is 13.1 Å². The maximum Gasteiger partial charge on any atom is 0.00178 e. The molecular weight excluding hydrogens is 218 g/mol. The van der Waals surface area contributed by atoms with Crippen LogP contribution in [0.2, 0.25) is 0 Å². The number of hydrogen-bond acceptors (Lipinski definition) is 1. The Kier molecular flexibility index (Phi) is 4.38. The molecule has 0 aliphatic carbocycles. The van der Waals surface area contributed by atoms with Crippen LogP contribution in [0.3, 0.4) is 0 Å². The molecule has 0 amide bonds. The van der Waals surface area contributed by atoms with Gasteiger partial charge in [-0.1, -0.05) is 63.2 Å². The zero-order valence-electron chi connectivity index (χ0n) is 11.6. The van der Waals surface area contributed by atoms with Crippen LogP contribution >= 0.6 is 0 Å². The van der Waals surface area contributed by atoms with Gasteiger partial charge < -0.3 is 5.32 Å². The number of benzene rings is 2. The molecule has 2 aromatic rings. The van der Waals surface area contributed by atoms with Crippen molar-refractivity contribution in [2.45, 2.75) is 26.7 Å². The van der Waals surface area contributed by atoms with E-state index < -0.39 is 0 Å². The van der Waals surface area contributed by atoms with Crippen LogP contribution in [0.15, 0.2) is 42.5 Å². The standard InChI is InChI=1S/C17H23N/c1-13(2)11-18-12-14(3)16-10-6-8-15-7-4-5-9-17(15)16/h4-10,13-14,18H,11-12H2,1-3H3. The molecule has 0 saturated carbocycles. The topological polar surface area (TPSA) is 12.0 Å². The lowest BCUT2D eigenvalue weighted by molar-refractivity contribution is 0.529. The van der Waals surface area contributed by atoms with Gasteiger partial charge in [-0.25, -0.2) is 0 Å². The Hall–Kier alpha value is -1.34. The third kappa shape index (κ3) is 3.11. The van der Waals surface area contributed by atoms with Gasteiger partial charge in [-0.15, -0.1) is 0 Å². The van der Waals surface area contributed by atoms with Gasteiger partial charge in [0.2, 0.25) is 0 Å². The van der Waals surface area contributed by atoms with Crippen molar-refractivity contribution in [2.24, 2.45) is 5.92 Å². The zero-order valence-corrected chi connectivity index (χ0v) is 11.6. The van der Waals surface area contributed by atoms with Crippen LogP contribution < -0.4 is 5.32 Å². The first-order valence-corrected chi connectivity index (χ1v) is 6.87. The van der Waals surface area contributed by atoms with E-state index in [0.29, 0.717) is 11.8 Å². The highest BCUT2D eigenvalue weighted by Gasteiger charge is 2.08. The third-order valence-electron chi connectivity index (χ3n) is 3.36. The van der Waals surface area contributed by atoms with Crippen molar-refractivity contribution >= 4 is 10.8 Å². The fraction of sp³-hybridized carbons (Fsp3) is 0.412. The Balaban J connectivity index is 2.15. The Morgan fingerprint density at radius 3 is 2.39 bits per heavy atom. The number of fused-ring (bicyclic) bond motifs is 1. The molecule has 0 aliphatic heterocycles.